The van der Waals surface area contributed by atoms with Crippen LogP contribution in [0, 0.1) is 0 Å². The molecule has 0 aromatic heterocycles. The van der Waals surface area contributed by atoms with E-state index in [2.05, 4.69) is 254 Å². The molecule has 0 spiro atoms. The fraction of sp³-hybridized carbons (Fsp3) is 0. The fourth-order valence-corrected chi connectivity index (χ4v) is 9.09. The average Bonchev–Trinajstić information content (AvgIpc) is 3.35. The van der Waals surface area contributed by atoms with Crippen molar-refractivity contribution in [3.63, 3.8) is 0 Å². The predicted molar refractivity (Wildman–Crippen MR) is 261 cm³/mol. The number of para-hydroxylation sites is 1. The lowest BCUT2D eigenvalue weighted by Crippen LogP contribution is -2.12. The van der Waals surface area contributed by atoms with Crippen LogP contribution in [-0.2, 0) is 0 Å². The molecule has 0 radical (unpaired) electrons. The van der Waals surface area contributed by atoms with Gasteiger partial charge in [-0.15, -0.1) is 0 Å². The first-order chi connectivity index (χ1) is 30.3. The molecule has 0 atom stereocenters. The summed E-state index contributed by atoms with van der Waals surface area (Å²) in [7, 11) is 0. The van der Waals surface area contributed by atoms with Gasteiger partial charge >= 0.3 is 0 Å². The van der Waals surface area contributed by atoms with Gasteiger partial charge in [-0.25, -0.2) is 0 Å². The van der Waals surface area contributed by atoms with E-state index in [-0.39, 0.29) is 0 Å². The van der Waals surface area contributed by atoms with E-state index < -0.39 is 0 Å². The Hall–Kier alpha value is -8.00. The van der Waals surface area contributed by atoms with E-state index in [4.69, 9.17) is 0 Å². The molecule has 11 aromatic rings. The Morgan fingerprint density at radius 2 is 0.672 bits per heavy atom. The van der Waals surface area contributed by atoms with Crippen LogP contribution >= 0.6 is 0 Å². The zero-order valence-corrected chi connectivity index (χ0v) is 33.6. The van der Waals surface area contributed by atoms with Gasteiger partial charge in [0.25, 0.3) is 0 Å². The van der Waals surface area contributed by atoms with Crippen LogP contribution in [-0.4, -0.2) is 0 Å². The molecule has 0 heterocycles. The van der Waals surface area contributed by atoms with E-state index in [1.807, 2.05) is 0 Å². The van der Waals surface area contributed by atoms with Crippen molar-refractivity contribution < 1.29 is 0 Å². The molecule has 0 fully saturated rings. The normalized spacial score (nSPS) is 11.3. The van der Waals surface area contributed by atoms with Crippen molar-refractivity contribution in [3.8, 4) is 55.6 Å². The molecule has 0 N–H and O–H groups in total. The van der Waals surface area contributed by atoms with Crippen molar-refractivity contribution in [2.24, 2.45) is 0 Å². The van der Waals surface area contributed by atoms with Gasteiger partial charge in [0.05, 0.1) is 11.4 Å². The molecule has 61 heavy (non-hydrogen) atoms. The minimum absolute atomic E-state index is 1.08. The Balaban J connectivity index is 1.13. The lowest BCUT2D eigenvalue weighted by molar-refractivity contribution is 1.28. The van der Waals surface area contributed by atoms with Crippen LogP contribution in [0.15, 0.2) is 249 Å². The SMILES string of the molecule is c1ccc(-c2ccc(-c3ccccc3N(c3ccc(-c4ccccc4)cc3)c3ccc(-c4cccc5ccc6ccc7ccccc7c6c45)cc3-c3ccccc3)cc2)cc1. The second-order valence-electron chi connectivity index (χ2n) is 15.7. The summed E-state index contributed by atoms with van der Waals surface area (Å²) in [5.74, 6) is 0. The molecule has 0 aliphatic rings. The van der Waals surface area contributed by atoms with Crippen LogP contribution in [0.3, 0.4) is 0 Å². The Morgan fingerprint density at radius 3 is 1.36 bits per heavy atom. The first-order valence-corrected chi connectivity index (χ1v) is 21.0. The zero-order valence-electron chi connectivity index (χ0n) is 33.6. The summed E-state index contributed by atoms with van der Waals surface area (Å²) >= 11 is 0. The van der Waals surface area contributed by atoms with Gasteiger partial charge in [-0.2, -0.15) is 0 Å². The third kappa shape index (κ3) is 6.73. The summed E-state index contributed by atoms with van der Waals surface area (Å²) in [6.07, 6.45) is 0. The number of anilines is 3. The molecule has 11 aromatic carbocycles. The van der Waals surface area contributed by atoms with E-state index in [9.17, 15) is 0 Å². The molecule has 0 amide bonds. The van der Waals surface area contributed by atoms with Gasteiger partial charge in [0.2, 0.25) is 0 Å². The Morgan fingerprint density at radius 1 is 0.230 bits per heavy atom. The summed E-state index contributed by atoms with van der Waals surface area (Å²) in [4.78, 5) is 2.45. The highest BCUT2D eigenvalue weighted by atomic mass is 15.1. The highest BCUT2D eigenvalue weighted by Gasteiger charge is 2.22. The Labute approximate surface area is 357 Å². The first-order valence-electron chi connectivity index (χ1n) is 21.0. The molecule has 0 bridgehead atoms. The number of fused-ring (bicyclic) bond motifs is 5. The van der Waals surface area contributed by atoms with Crippen molar-refractivity contribution >= 4 is 49.4 Å². The standard InChI is InChI=1S/C60H41N/c1-4-15-42(16-5-1)44-27-29-48(30-28-44)53-23-12-13-26-57(53)61(52-38-35-45(36-39-52)43-17-6-2-7-18-43)58-40-37-51(41-56(58)46-19-8-3-9-20-46)55-25-14-22-49-33-34-50-32-31-47-21-10-11-24-54(47)60(50)59(49)55/h1-41H. The highest BCUT2D eigenvalue weighted by Crippen LogP contribution is 2.47. The Kier molecular flexibility index (Phi) is 9.26. The van der Waals surface area contributed by atoms with Crippen molar-refractivity contribution in [1.82, 2.24) is 0 Å². The van der Waals surface area contributed by atoms with Gasteiger partial charge in [0.15, 0.2) is 0 Å². The van der Waals surface area contributed by atoms with Crippen molar-refractivity contribution in [3.05, 3.63) is 249 Å². The first kappa shape index (κ1) is 36.1. The molecule has 1 heteroatoms. The molecule has 11 rings (SSSR count). The van der Waals surface area contributed by atoms with Gasteiger partial charge in [-0.05, 0) is 107 Å². The predicted octanol–water partition coefficient (Wildman–Crippen LogP) is 17.0. The fourth-order valence-electron chi connectivity index (χ4n) is 9.09. The summed E-state index contributed by atoms with van der Waals surface area (Å²) in [6.45, 7) is 0. The number of hydrogen-bond donors (Lipinski definition) is 0. The second-order valence-corrected chi connectivity index (χ2v) is 15.7. The largest absolute Gasteiger partial charge is 0.309 e. The average molecular weight is 776 g/mol. The van der Waals surface area contributed by atoms with Crippen LogP contribution < -0.4 is 4.90 Å². The molecule has 0 aliphatic heterocycles. The maximum Gasteiger partial charge on any atom is 0.0540 e. The second kappa shape index (κ2) is 15.6. The molecule has 286 valence electrons. The maximum absolute atomic E-state index is 2.45. The highest BCUT2D eigenvalue weighted by molar-refractivity contribution is 6.24. The molecular formula is C60H41N. The van der Waals surface area contributed by atoms with Gasteiger partial charge in [0, 0.05) is 16.8 Å². The Bertz CT molecular complexity index is 3310. The molecule has 0 saturated heterocycles. The number of benzene rings is 11. The quantitative estimate of drug-likeness (QED) is 0.139. The van der Waals surface area contributed by atoms with Gasteiger partial charge in [-0.1, -0.05) is 218 Å². The summed E-state index contributed by atoms with van der Waals surface area (Å²) in [6, 6.07) is 90.5. The van der Waals surface area contributed by atoms with Crippen molar-refractivity contribution in [2.75, 3.05) is 4.90 Å². The topological polar surface area (TPSA) is 3.24 Å². The van der Waals surface area contributed by atoms with Crippen LogP contribution in [0.25, 0.3) is 88.0 Å². The third-order valence-corrected chi connectivity index (χ3v) is 12.1. The minimum atomic E-state index is 1.08. The summed E-state index contributed by atoms with van der Waals surface area (Å²) in [5, 5.41) is 7.58. The molecule has 0 aliphatic carbocycles. The number of nitrogens with zero attached hydrogens (tertiary/aromatic N) is 1. The molecule has 1 nitrogen and oxygen atoms in total. The van der Waals surface area contributed by atoms with Crippen LogP contribution in [0.2, 0.25) is 0 Å². The smallest absolute Gasteiger partial charge is 0.0540 e. The van der Waals surface area contributed by atoms with Gasteiger partial charge < -0.3 is 4.90 Å². The van der Waals surface area contributed by atoms with Crippen molar-refractivity contribution in [2.45, 2.75) is 0 Å². The number of rotatable bonds is 8. The van der Waals surface area contributed by atoms with E-state index in [0.29, 0.717) is 0 Å². The lowest BCUT2D eigenvalue weighted by Gasteiger charge is -2.30. The van der Waals surface area contributed by atoms with E-state index in [1.54, 1.807) is 0 Å². The van der Waals surface area contributed by atoms with Gasteiger partial charge in [0.1, 0.15) is 0 Å². The molecular weight excluding hydrogens is 735 g/mol. The van der Waals surface area contributed by atoms with E-state index in [1.165, 1.54) is 65.7 Å². The summed E-state index contributed by atoms with van der Waals surface area (Å²) < 4.78 is 0. The van der Waals surface area contributed by atoms with E-state index >= 15 is 0 Å². The minimum Gasteiger partial charge on any atom is -0.309 e. The van der Waals surface area contributed by atoms with Crippen molar-refractivity contribution in [1.29, 1.82) is 0 Å². The zero-order chi connectivity index (χ0) is 40.5. The molecule has 0 unspecified atom stereocenters. The molecule has 0 saturated carbocycles. The van der Waals surface area contributed by atoms with Gasteiger partial charge in [-0.3, -0.25) is 0 Å². The maximum atomic E-state index is 2.45. The number of hydrogen-bond acceptors (Lipinski definition) is 1. The summed E-state index contributed by atoms with van der Waals surface area (Å²) in [5.41, 5.74) is 15.1. The van der Waals surface area contributed by atoms with E-state index in [0.717, 1.165) is 39.3 Å². The van der Waals surface area contributed by atoms with Crippen LogP contribution in [0.5, 0.6) is 0 Å². The lowest BCUT2D eigenvalue weighted by atomic mass is 9.89. The monoisotopic (exact) mass is 775 g/mol. The van der Waals surface area contributed by atoms with Crippen LogP contribution in [0.1, 0.15) is 0 Å². The third-order valence-electron chi connectivity index (χ3n) is 12.1. The van der Waals surface area contributed by atoms with Crippen LogP contribution in [0.4, 0.5) is 17.1 Å².